The summed E-state index contributed by atoms with van der Waals surface area (Å²) in [6, 6.07) is 7.35. The Labute approximate surface area is 169 Å². The molecule has 0 bridgehead atoms. The van der Waals surface area contributed by atoms with E-state index in [1.165, 1.54) is 18.0 Å². The van der Waals surface area contributed by atoms with Crippen LogP contribution in [-0.2, 0) is 11.3 Å². The Bertz CT molecular complexity index is 917. The van der Waals surface area contributed by atoms with Crippen LogP contribution in [0.4, 0.5) is 0 Å². The van der Waals surface area contributed by atoms with Crippen LogP contribution in [0.25, 0.3) is 0 Å². The highest BCUT2D eigenvalue weighted by atomic mass is 32.2. The van der Waals surface area contributed by atoms with Gasteiger partial charge in [0.2, 0.25) is 11.1 Å². The van der Waals surface area contributed by atoms with Gasteiger partial charge in [-0.3, -0.25) is 9.59 Å². The van der Waals surface area contributed by atoms with Crippen molar-refractivity contribution in [2.75, 3.05) is 31.9 Å². The normalized spacial score (nSPS) is 14.4. The molecule has 0 spiro atoms. The zero-order valence-electron chi connectivity index (χ0n) is 14.9. The Morgan fingerprint density at radius 3 is 2.68 bits per heavy atom. The third kappa shape index (κ3) is 4.25. The lowest BCUT2D eigenvalue weighted by Crippen LogP contribution is -2.51. The summed E-state index contributed by atoms with van der Waals surface area (Å²) in [5.74, 6) is 0.463. The van der Waals surface area contributed by atoms with Gasteiger partial charge < -0.3 is 14.2 Å². The number of carbonyl (C=O) groups is 2. The molecule has 1 saturated heterocycles. The summed E-state index contributed by atoms with van der Waals surface area (Å²) in [4.78, 5) is 29.4. The molecule has 4 heterocycles. The summed E-state index contributed by atoms with van der Waals surface area (Å²) >= 11 is 2.97. The number of rotatable bonds is 6. The third-order valence-corrected chi connectivity index (χ3v) is 6.16. The van der Waals surface area contributed by atoms with E-state index in [-0.39, 0.29) is 17.6 Å². The van der Waals surface area contributed by atoms with Crippen molar-refractivity contribution in [3.63, 3.8) is 0 Å². The van der Waals surface area contributed by atoms with Gasteiger partial charge in [-0.05, 0) is 34.0 Å². The van der Waals surface area contributed by atoms with Crippen molar-refractivity contribution < 1.29 is 14.0 Å². The fourth-order valence-electron chi connectivity index (χ4n) is 2.88. The highest BCUT2D eigenvalue weighted by molar-refractivity contribution is 7.99. The first kappa shape index (κ1) is 18.7. The SMILES string of the molecule is O=C(CSc1nnnn1Cc1cccs1)N1CCN(C(=O)c2ccco2)CC1. The van der Waals surface area contributed by atoms with Gasteiger partial charge in [0.1, 0.15) is 0 Å². The molecule has 1 aliphatic heterocycles. The first-order chi connectivity index (χ1) is 13.7. The minimum Gasteiger partial charge on any atom is -0.459 e. The fourth-order valence-corrected chi connectivity index (χ4v) is 4.35. The second kappa shape index (κ2) is 8.57. The number of hydrogen-bond acceptors (Lipinski definition) is 8. The van der Waals surface area contributed by atoms with Gasteiger partial charge in [-0.1, -0.05) is 17.8 Å². The first-order valence-corrected chi connectivity index (χ1v) is 10.6. The Morgan fingerprint density at radius 2 is 1.96 bits per heavy atom. The van der Waals surface area contributed by atoms with E-state index >= 15 is 0 Å². The lowest BCUT2D eigenvalue weighted by atomic mass is 10.3. The van der Waals surface area contributed by atoms with E-state index in [1.54, 1.807) is 38.0 Å². The minimum absolute atomic E-state index is 0.0146. The van der Waals surface area contributed by atoms with E-state index < -0.39 is 0 Å². The van der Waals surface area contributed by atoms with Gasteiger partial charge in [-0.25, -0.2) is 4.68 Å². The predicted octanol–water partition coefficient (Wildman–Crippen LogP) is 1.45. The first-order valence-electron chi connectivity index (χ1n) is 8.72. The van der Waals surface area contributed by atoms with Crippen LogP contribution in [0.5, 0.6) is 0 Å². The van der Waals surface area contributed by atoms with E-state index in [1.807, 2.05) is 17.5 Å². The van der Waals surface area contributed by atoms with Crippen LogP contribution in [0.15, 0.2) is 45.5 Å². The second-order valence-corrected chi connectivity index (χ2v) is 8.11. The predicted molar refractivity (Wildman–Crippen MR) is 103 cm³/mol. The van der Waals surface area contributed by atoms with Gasteiger partial charge in [0, 0.05) is 31.1 Å². The van der Waals surface area contributed by atoms with Gasteiger partial charge in [-0.2, -0.15) is 0 Å². The number of furan rings is 1. The molecule has 146 valence electrons. The monoisotopic (exact) mass is 418 g/mol. The molecule has 11 heteroatoms. The maximum Gasteiger partial charge on any atom is 0.289 e. The zero-order chi connectivity index (χ0) is 19.3. The van der Waals surface area contributed by atoms with E-state index in [9.17, 15) is 9.59 Å². The fraction of sp³-hybridized carbons (Fsp3) is 0.353. The Balaban J connectivity index is 1.26. The van der Waals surface area contributed by atoms with Gasteiger partial charge >= 0.3 is 0 Å². The number of aromatic nitrogens is 4. The molecule has 0 radical (unpaired) electrons. The van der Waals surface area contributed by atoms with Crippen LogP contribution in [0.3, 0.4) is 0 Å². The lowest BCUT2D eigenvalue weighted by Gasteiger charge is -2.34. The maximum atomic E-state index is 12.5. The van der Waals surface area contributed by atoms with Crippen molar-refractivity contribution in [3.05, 3.63) is 46.5 Å². The maximum absolute atomic E-state index is 12.5. The molecular formula is C17H18N6O3S2. The molecule has 9 nitrogen and oxygen atoms in total. The van der Waals surface area contributed by atoms with Crippen LogP contribution >= 0.6 is 23.1 Å². The third-order valence-electron chi connectivity index (χ3n) is 4.36. The highest BCUT2D eigenvalue weighted by Gasteiger charge is 2.26. The van der Waals surface area contributed by atoms with Crippen molar-refractivity contribution >= 4 is 34.9 Å². The van der Waals surface area contributed by atoms with Crippen LogP contribution in [0.2, 0.25) is 0 Å². The summed E-state index contributed by atoms with van der Waals surface area (Å²) in [5.41, 5.74) is 0. The number of thioether (sulfide) groups is 1. The molecule has 4 rings (SSSR count). The number of carbonyl (C=O) groups excluding carboxylic acids is 2. The number of amides is 2. The number of hydrogen-bond donors (Lipinski definition) is 0. The lowest BCUT2D eigenvalue weighted by molar-refractivity contribution is -0.129. The Hall–Kier alpha value is -2.66. The second-order valence-electron chi connectivity index (χ2n) is 6.14. The largest absolute Gasteiger partial charge is 0.459 e. The van der Waals surface area contributed by atoms with Crippen molar-refractivity contribution in [2.45, 2.75) is 11.7 Å². The van der Waals surface area contributed by atoms with Crippen LogP contribution < -0.4 is 0 Å². The number of tetrazole rings is 1. The molecule has 2 amide bonds. The van der Waals surface area contributed by atoms with E-state index in [4.69, 9.17) is 4.42 Å². The van der Waals surface area contributed by atoms with Crippen molar-refractivity contribution in [1.82, 2.24) is 30.0 Å². The van der Waals surface area contributed by atoms with Crippen molar-refractivity contribution in [2.24, 2.45) is 0 Å². The summed E-state index contributed by atoms with van der Waals surface area (Å²) in [7, 11) is 0. The summed E-state index contributed by atoms with van der Waals surface area (Å²) in [6.07, 6.45) is 1.48. The highest BCUT2D eigenvalue weighted by Crippen LogP contribution is 2.18. The molecule has 1 fully saturated rings. The minimum atomic E-state index is -0.140. The molecule has 0 N–H and O–H groups in total. The van der Waals surface area contributed by atoms with Crippen LogP contribution in [0, 0.1) is 0 Å². The molecule has 0 unspecified atom stereocenters. The molecular weight excluding hydrogens is 400 g/mol. The summed E-state index contributed by atoms with van der Waals surface area (Å²) in [5, 5.41) is 14.4. The molecule has 28 heavy (non-hydrogen) atoms. The van der Waals surface area contributed by atoms with E-state index in [0.717, 1.165) is 4.88 Å². The van der Waals surface area contributed by atoms with E-state index in [0.29, 0.717) is 43.6 Å². The number of piperazine rings is 1. The van der Waals surface area contributed by atoms with Crippen LogP contribution in [-0.4, -0.2) is 73.8 Å². The van der Waals surface area contributed by atoms with Gasteiger partial charge in [0.05, 0.1) is 18.6 Å². The molecule has 0 aliphatic carbocycles. The standard InChI is InChI=1S/C17H18N6O3S2/c24-15(12-28-17-18-19-20-23(17)11-13-3-2-10-27-13)21-5-7-22(8-6-21)16(25)14-4-1-9-26-14/h1-4,9-10H,5-8,11-12H2. The number of nitrogens with zero attached hydrogens (tertiary/aromatic N) is 6. The molecule has 0 aromatic carbocycles. The molecule has 0 atom stereocenters. The van der Waals surface area contributed by atoms with Gasteiger partial charge in [0.25, 0.3) is 5.91 Å². The average molecular weight is 419 g/mol. The van der Waals surface area contributed by atoms with E-state index in [2.05, 4.69) is 15.5 Å². The van der Waals surface area contributed by atoms with Crippen molar-refractivity contribution in [3.8, 4) is 0 Å². The molecule has 3 aromatic rings. The Morgan fingerprint density at radius 1 is 1.14 bits per heavy atom. The van der Waals surface area contributed by atoms with Crippen molar-refractivity contribution in [1.29, 1.82) is 0 Å². The topological polar surface area (TPSA) is 97.4 Å². The van der Waals surface area contributed by atoms with Gasteiger partial charge in [0.15, 0.2) is 5.76 Å². The zero-order valence-corrected chi connectivity index (χ0v) is 16.6. The molecule has 1 aliphatic rings. The van der Waals surface area contributed by atoms with Gasteiger partial charge in [-0.15, -0.1) is 16.4 Å². The summed E-state index contributed by atoms with van der Waals surface area (Å²) in [6.45, 7) is 2.59. The Kier molecular flexibility index (Phi) is 5.72. The quantitative estimate of drug-likeness (QED) is 0.559. The van der Waals surface area contributed by atoms with Crippen LogP contribution in [0.1, 0.15) is 15.4 Å². The average Bonchev–Trinajstić information content (AvgIpc) is 3.49. The molecule has 3 aromatic heterocycles. The molecule has 0 saturated carbocycles. The number of thiophene rings is 1. The smallest absolute Gasteiger partial charge is 0.289 e. The summed E-state index contributed by atoms with van der Waals surface area (Å²) < 4.78 is 6.85.